The van der Waals surface area contributed by atoms with Gasteiger partial charge in [-0.1, -0.05) is 315 Å². The number of ether oxygens (including phenoxy) is 1. The number of nitrogens with one attached hydrogen (secondary N) is 1. The lowest BCUT2D eigenvalue weighted by molar-refractivity contribution is -0.143. The Morgan fingerprint density at radius 3 is 1.00 bits per heavy atom. The maximum atomic E-state index is 12.4. The van der Waals surface area contributed by atoms with E-state index < -0.39 is 12.1 Å². The van der Waals surface area contributed by atoms with Gasteiger partial charge in [-0.3, -0.25) is 9.59 Å². The molecule has 1 amide bonds. The van der Waals surface area contributed by atoms with Gasteiger partial charge in [-0.05, 0) is 32.1 Å². The van der Waals surface area contributed by atoms with Crippen LogP contribution in [0.25, 0.3) is 0 Å². The highest BCUT2D eigenvalue weighted by atomic mass is 16.5. The van der Waals surface area contributed by atoms with Gasteiger partial charge in [-0.15, -0.1) is 0 Å². The van der Waals surface area contributed by atoms with Crippen molar-refractivity contribution in [3.05, 3.63) is 12.2 Å². The maximum Gasteiger partial charge on any atom is 0.305 e. The molecule has 0 spiro atoms. The van der Waals surface area contributed by atoms with Gasteiger partial charge in [0.2, 0.25) is 5.91 Å². The molecule has 0 fully saturated rings. The number of aliphatic hydroxyl groups excluding tert-OH is 2. The number of carbonyl (C=O) groups excluding carboxylic acids is 2. The smallest absolute Gasteiger partial charge is 0.305 e. The van der Waals surface area contributed by atoms with E-state index in [1.807, 2.05) is 6.08 Å². The second-order valence-electron chi connectivity index (χ2n) is 21.4. The number of esters is 1. The van der Waals surface area contributed by atoms with Crippen LogP contribution in [0.1, 0.15) is 348 Å². The summed E-state index contributed by atoms with van der Waals surface area (Å²) in [6, 6.07) is -0.623. The van der Waals surface area contributed by atoms with Gasteiger partial charge in [0.25, 0.3) is 0 Å². The molecule has 0 aromatic rings. The van der Waals surface area contributed by atoms with E-state index in [4.69, 9.17) is 4.74 Å². The minimum atomic E-state index is -0.839. The fraction of sp³-hybridized carbons (Fsp3) is 0.935. The van der Waals surface area contributed by atoms with Crippen LogP contribution in [0.2, 0.25) is 0 Å². The Morgan fingerprint density at radius 2 is 0.676 bits per heavy atom. The van der Waals surface area contributed by atoms with Gasteiger partial charge in [-0.25, -0.2) is 0 Å². The lowest BCUT2D eigenvalue weighted by atomic mass is 10.0. The SMILES string of the molecule is CCCCCCCCC/C=C/C(O)C(CO)NC(=O)CCCCCCCCCCCCCCCCCCCCCCCCCCCCOC(=O)CCCCCCCCCCCCCCCCCC. The molecule has 0 rings (SSSR count). The van der Waals surface area contributed by atoms with Crippen LogP contribution in [0.4, 0.5) is 0 Å². The van der Waals surface area contributed by atoms with E-state index in [1.165, 1.54) is 283 Å². The highest BCUT2D eigenvalue weighted by Gasteiger charge is 2.18. The highest BCUT2D eigenvalue weighted by molar-refractivity contribution is 5.76. The lowest BCUT2D eigenvalue weighted by Gasteiger charge is -2.20. The van der Waals surface area contributed by atoms with E-state index in [0.717, 1.165) is 38.5 Å². The molecule has 404 valence electrons. The van der Waals surface area contributed by atoms with Gasteiger partial charge in [0.05, 0.1) is 25.4 Å². The van der Waals surface area contributed by atoms with Gasteiger partial charge in [0.1, 0.15) is 0 Å². The third-order valence-corrected chi connectivity index (χ3v) is 14.6. The van der Waals surface area contributed by atoms with E-state index in [-0.39, 0.29) is 18.5 Å². The monoisotopic (exact) mass is 960 g/mol. The third kappa shape index (κ3) is 53.9. The normalized spacial score (nSPS) is 12.6. The van der Waals surface area contributed by atoms with Gasteiger partial charge in [0, 0.05) is 12.8 Å². The molecule has 6 nitrogen and oxygen atoms in total. The Morgan fingerprint density at radius 1 is 0.397 bits per heavy atom. The largest absolute Gasteiger partial charge is 0.466 e. The second kappa shape index (κ2) is 58.2. The van der Waals surface area contributed by atoms with Crippen LogP contribution in [0.3, 0.4) is 0 Å². The minimum Gasteiger partial charge on any atom is -0.466 e. The van der Waals surface area contributed by atoms with Crippen molar-refractivity contribution in [2.45, 2.75) is 360 Å². The predicted octanol–water partition coefficient (Wildman–Crippen LogP) is 19.2. The summed E-state index contributed by atoms with van der Waals surface area (Å²) >= 11 is 0. The Balaban J connectivity index is 3.31. The van der Waals surface area contributed by atoms with Crippen LogP contribution in [-0.4, -0.2) is 47.4 Å². The fourth-order valence-corrected chi connectivity index (χ4v) is 9.81. The summed E-state index contributed by atoms with van der Waals surface area (Å²) in [4.78, 5) is 24.5. The van der Waals surface area contributed by atoms with E-state index in [9.17, 15) is 19.8 Å². The molecule has 2 atom stereocenters. The van der Waals surface area contributed by atoms with Crippen molar-refractivity contribution in [3.63, 3.8) is 0 Å². The third-order valence-electron chi connectivity index (χ3n) is 14.6. The Hall–Kier alpha value is -1.40. The summed E-state index contributed by atoms with van der Waals surface area (Å²) in [6.45, 7) is 4.90. The topological polar surface area (TPSA) is 95.9 Å². The van der Waals surface area contributed by atoms with E-state index in [2.05, 4.69) is 19.2 Å². The maximum absolute atomic E-state index is 12.4. The van der Waals surface area contributed by atoms with Gasteiger partial charge < -0.3 is 20.3 Å². The van der Waals surface area contributed by atoms with Crippen molar-refractivity contribution < 1.29 is 24.5 Å². The van der Waals surface area contributed by atoms with Crippen molar-refractivity contribution in [1.29, 1.82) is 0 Å². The molecule has 68 heavy (non-hydrogen) atoms. The molecule has 6 heteroatoms. The quantitative estimate of drug-likeness (QED) is 0.0321. The molecule has 3 N–H and O–H groups in total. The molecule has 0 heterocycles. The zero-order valence-electron chi connectivity index (χ0n) is 46.1. The zero-order chi connectivity index (χ0) is 49.3. The number of unbranched alkanes of at least 4 members (excludes halogenated alkanes) is 47. The molecule has 2 unspecified atom stereocenters. The first-order valence-corrected chi connectivity index (χ1v) is 31.0. The van der Waals surface area contributed by atoms with Gasteiger partial charge >= 0.3 is 5.97 Å². The number of carbonyl (C=O) groups is 2. The molecule has 0 radical (unpaired) electrons. The van der Waals surface area contributed by atoms with Gasteiger partial charge in [-0.2, -0.15) is 0 Å². The first kappa shape index (κ1) is 66.6. The summed E-state index contributed by atoms with van der Waals surface area (Å²) in [5.74, 6) is -0.0464. The van der Waals surface area contributed by atoms with Crippen molar-refractivity contribution in [2.24, 2.45) is 0 Å². The van der Waals surface area contributed by atoms with Crippen LogP contribution in [-0.2, 0) is 14.3 Å². The molecule has 0 aliphatic heterocycles. The van der Waals surface area contributed by atoms with Crippen molar-refractivity contribution in [1.82, 2.24) is 5.32 Å². The van der Waals surface area contributed by atoms with Crippen LogP contribution < -0.4 is 5.32 Å². The summed E-state index contributed by atoms with van der Waals surface area (Å²) in [5, 5.41) is 22.9. The van der Waals surface area contributed by atoms with E-state index in [1.54, 1.807) is 6.08 Å². The first-order valence-electron chi connectivity index (χ1n) is 31.0. The van der Waals surface area contributed by atoms with Crippen molar-refractivity contribution >= 4 is 11.9 Å². The average molecular weight is 961 g/mol. The molecule has 0 aromatic heterocycles. The molecule has 0 aliphatic rings. The summed E-state index contributed by atoms with van der Waals surface area (Å²) in [5.41, 5.74) is 0. The number of amides is 1. The molecule has 0 aliphatic carbocycles. The number of hydrogen-bond acceptors (Lipinski definition) is 5. The number of allylic oxidation sites excluding steroid dienone is 1. The highest BCUT2D eigenvalue weighted by Crippen LogP contribution is 2.18. The average Bonchev–Trinajstić information content (AvgIpc) is 3.34. The standard InChI is InChI=1S/C62H121NO5/c1-3-5-7-9-11-13-14-15-16-30-33-36-40-44-48-52-56-62(67)68-57-53-49-45-41-37-34-31-28-26-24-22-20-18-17-19-21-23-25-27-29-32-35-39-43-47-51-55-61(66)63-59(58-64)60(65)54-50-46-42-38-12-10-8-6-4-2/h50,54,59-60,64-65H,3-49,51-53,55-58H2,1-2H3,(H,63,66)/b54-50+. The summed E-state index contributed by atoms with van der Waals surface area (Å²) in [7, 11) is 0. The van der Waals surface area contributed by atoms with E-state index >= 15 is 0 Å². The Bertz CT molecular complexity index is 1020. The summed E-state index contributed by atoms with van der Waals surface area (Å²) in [6.07, 6.45) is 69.9. The van der Waals surface area contributed by atoms with Crippen LogP contribution in [0.15, 0.2) is 12.2 Å². The molecule has 0 aromatic carbocycles. The minimum absolute atomic E-state index is 0.0207. The number of aliphatic hydroxyl groups is 2. The molecule has 0 saturated carbocycles. The molecule has 0 saturated heterocycles. The first-order chi connectivity index (χ1) is 33.5. The summed E-state index contributed by atoms with van der Waals surface area (Å²) < 4.78 is 5.50. The van der Waals surface area contributed by atoms with Gasteiger partial charge in [0.15, 0.2) is 0 Å². The Kier molecular flexibility index (Phi) is 57.0. The van der Waals surface area contributed by atoms with Crippen molar-refractivity contribution in [2.75, 3.05) is 13.2 Å². The number of hydrogen-bond donors (Lipinski definition) is 3. The predicted molar refractivity (Wildman–Crippen MR) is 297 cm³/mol. The Labute approximate surface area is 425 Å². The van der Waals surface area contributed by atoms with Crippen LogP contribution in [0.5, 0.6) is 0 Å². The fourth-order valence-electron chi connectivity index (χ4n) is 9.81. The van der Waals surface area contributed by atoms with Crippen LogP contribution in [0, 0.1) is 0 Å². The molecular formula is C62H121NO5. The molecule has 0 bridgehead atoms. The molecular weight excluding hydrogens is 839 g/mol. The number of rotatable bonds is 58. The zero-order valence-corrected chi connectivity index (χ0v) is 46.1. The second-order valence-corrected chi connectivity index (χ2v) is 21.4. The lowest BCUT2D eigenvalue weighted by Crippen LogP contribution is -2.45. The van der Waals surface area contributed by atoms with Crippen molar-refractivity contribution in [3.8, 4) is 0 Å². The van der Waals surface area contributed by atoms with E-state index in [0.29, 0.717) is 19.4 Å². The van der Waals surface area contributed by atoms with Crippen LogP contribution >= 0.6 is 0 Å².